The van der Waals surface area contributed by atoms with Gasteiger partial charge in [-0.2, -0.15) is 0 Å². The van der Waals surface area contributed by atoms with E-state index in [1.807, 2.05) is 64.1 Å². The number of aliphatic hydroxyl groups excluding tert-OH is 1. The number of carbonyl (C=O) groups is 1. The van der Waals surface area contributed by atoms with Gasteiger partial charge in [0, 0.05) is 5.56 Å². The third-order valence-electron chi connectivity index (χ3n) is 3.64. The molecule has 104 valence electrons. The molecule has 0 aliphatic heterocycles. The first kappa shape index (κ1) is 14.5. The smallest absolute Gasteiger partial charge is 0.196 e. The Balaban J connectivity index is 2.42. The highest BCUT2D eigenvalue weighted by Gasteiger charge is 2.22. The fraction of sp³-hybridized carbons (Fsp3) is 0.278. The second kappa shape index (κ2) is 5.59. The first-order chi connectivity index (χ1) is 9.40. The van der Waals surface area contributed by atoms with Crippen LogP contribution in [0.5, 0.6) is 0 Å². The molecule has 0 bridgehead atoms. The van der Waals surface area contributed by atoms with Crippen LogP contribution in [0.2, 0.25) is 0 Å². The fourth-order valence-electron chi connectivity index (χ4n) is 2.34. The van der Waals surface area contributed by atoms with Crippen molar-refractivity contribution < 1.29 is 9.90 Å². The lowest BCUT2D eigenvalue weighted by Crippen LogP contribution is -2.15. The van der Waals surface area contributed by atoms with Gasteiger partial charge in [-0.25, -0.2) is 0 Å². The van der Waals surface area contributed by atoms with Gasteiger partial charge in [0.15, 0.2) is 5.78 Å². The second-order valence-corrected chi connectivity index (χ2v) is 5.45. The number of aliphatic hydroxyl groups is 1. The first-order valence-electron chi connectivity index (χ1n) is 6.77. The van der Waals surface area contributed by atoms with E-state index in [1.54, 1.807) is 0 Å². The number of Topliss-reactive ketones (excluding diaryl/α,β-unsaturated/α-hetero) is 1. The average molecular weight is 268 g/mol. The molecule has 2 rings (SSSR count). The molecule has 0 aromatic heterocycles. The highest BCUT2D eigenvalue weighted by atomic mass is 16.3. The van der Waals surface area contributed by atoms with Gasteiger partial charge in [-0.3, -0.25) is 4.79 Å². The molecule has 0 spiro atoms. The Hall–Kier alpha value is -1.93. The lowest BCUT2D eigenvalue weighted by atomic mass is 9.92. The Labute approximate surface area is 120 Å². The van der Waals surface area contributed by atoms with Gasteiger partial charge in [0.1, 0.15) is 6.10 Å². The van der Waals surface area contributed by atoms with E-state index in [0.717, 1.165) is 22.3 Å². The predicted molar refractivity (Wildman–Crippen MR) is 81.1 cm³/mol. The summed E-state index contributed by atoms with van der Waals surface area (Å²) in [7, 11) is 0. The van der Waals surface area contributed by atoms with E-state index < -0.39 is 6.10 Å². The Kier molecular flexibility index (Phi) is 4.05. The van der Waals surface area contributed by atoms with Gasteiger partial charge < -0.3 is 5.11 Å². The molecular weight excluding hydrogens is 248 g/mol. The van der Waals surface area contributed by atoms with Crippen LogP contribution in [0.3, 0.4) is 0 Å². The highest BCUT2D eigenvalue weighted by Crippen LogP contribution is 2.24. The molecule has 0 aliphatic rings. The third-order valence-corrected chi connectivity index (χ3v) is 3.64. The van der Waals surface area contributed by atoms with E-state index in [2.05, 4.69) is 0 Å². The molecule has 0 saturated carbocycles. The maximum atomic E-state index is 12.5. The Morgan fingerprint density at radius 2 is 1.45 bits per heavy atom. The molecule has 2 aromatic rings. The van der Waals surface area contributed by atoms with Crippen LogP contribution in [0.4, 0.5) is 0 Å². The molecule has 0 heterocycles. The fourth-order valence-corrected chi connectivity index (χ4v) is 2.34. The van der Waals surface area contributed by atoms with Crippen molar-refractivity contribution in [2.45, 2.75) is 33.8 Å². The summed E-state index contributed by atoms with van der Waals surface area (Å²) < 4.78 is 0. The summed E-state index contributed by atoms with van der Waals surface area (Å²) in [6.45, 7) is 7.70. The first-order valence-corrected chi connectivity index (χ1v) is 6.77. The van der Waals surface area contributed by atoms with Gasteiger partial charge in [0.2, 0.25) is 0 Å². The number of rotatable bonds is 3. The minimum atomic E-state index is -1.10. The Morgan fingerprint density at radius 3 is 2.10 bits per heavy atom. The summed E-state index contributed by atoms with van der Waals surface area (Å²) in [4.78, 5) is 12.5. The summed E-state index contributed by atoms with van der Waals surface area (Å²) >= 11 is 0. The van der Waals surface area contributed by atoms with Gasteiger partial charge in [-0.05, 0) is 50.5 Å². The molecular formula is C18H20O2. The number of hydrogen-bond acceptors (Lipinski definition) is 2. The summed E-state index contributed by atoms with van der Waals surface area (Å²) in [5.41, 5.74) is 5.17. The van der Waals surface area contributed by atoms with Gasteiger partial charge >= 0.3 is 0 Å². The van der Waals surface area contributed by atoms with E-state index in [4.69, 9.17) is 0 Å². The maximum Gasteiger partial charge on any atom is 0.196 e. The van der Waals surface area contributed by atoms with Crippen LogP contribution in [0.15, 0.2) is 36.4 Å². The number of hydrogen-bond donors (Lipinski definition) is 1. The van der Waals surface area contributed by atoms with Gasteiger partial charge in [0.25, 0.3) is 0 Å². The Morgan fingerprint density at radius 1 is 0.900 bits per heavy atom. The van der Waals surface area contributed by atoms with Crippen molar-refractivity contribution in [1.82, 2.24) is 0 Å². The van der Waals surface area contributed by atoms with Crippen molar-refractivity contribution in [3.05, 3.63) is 69.8 Å². The van der Waals surface area contributed by atoms with Crippen molar-refractivity contribution in [3.63, 3.8) is 0 Å². The van der Waals surface area contributed by atoms with Crippen molar-refractivity contribution in [1.29, 1.82) is 0 Å². The predicted octanol–water partition coefficient (Wildman–Crippen LogP) is 3.84. The topological polar surface area (TPSA) is 37.3 Å². The van der Waals surface area contributed by atoms with Crippen LogP contribution in [-0.4, -0.2) is 10.9 Å². The molecule has 0 amide bonds. The van der Waals surface area contributed by atoms with E-state index >= 15 is 0 Å². The lowest BCUT2D eigenvalue weighted by molar-refractivity contribution is 0.0745. The molecule has 2 aromatic carbocycles. The zero-order valence-electron chi connectivity index (χ0n) is 12.4. The molecule has 2 nitrogen and oxygen atoms in total. The van der Waals surface area contributed by atoms with Gasteiger partial charge in [0.05, 0.1) is 0 Å². The molecule has 1 unspecified atom stereocenters. The molecule has 1 N–H and O–H groups in total. The zero-order chi connectivity index (χ0) is 14.9. The number of carbonyl (C=O) groups excluding carboxylic acids is 1. The molecule has 1 atom stereocenters. The van der Waals surface area contributed by atoms with Crippen LogP contribution >= 0.6 is 0 Å². The van der Waals surface area contributed by atoms with Crippen LogP contribution in [0, 0.1) is 27.7 Å². The van der Waals surface area contributed by atoms with Gasteiger partial charge in [-0.15, -0.1) is 0 Å². The van der Waals surface area contributed by atoms with Crippen LogP contribution < -0.4 is 0 Å². The minimum absolute atomic E-state index is 0.236. The largest absolute Gasteiger partial charge is 0.380 e. The summed E-state index contributed by atoms with van der Waals surface area (Å²) in [5, 5.41) is 10.4. The molecule has 0 aliphatic carbocycles. The molecule has 0 radical (unpaired) electrons. The third kappa shape index (κ3) is 2.81. The molecule has 2 heteroatoms. The molecule has 0 fully saturated rings. The maximum absolute atomic E-state index is 12.5. The summed E-state index contributed by atoms with van der Waals surface area (Å²) in [6, 6.07) is 11.5. The van der Waals surface area contributed by atoms with E-state index in [1.165, 1.54) is 0 Å². The van der Waals surface area contributed by atoms with Crippen molar-refractivity contribution in [2.75, 3.05) is 0 Å². The monoisotopic (exact) mass is 268 g/mol. The SMILES string of the molecule is Cc1ccc(C)c(C(=O)C(O)c2cc(C)ccc2C)c1. The normalized spacial score (nSPS) is 12.2. The summed E-state index contributed by atoms with van der Waals surface area (Å²) in [6.07, 6.45) is -1.10. The average Bonchev–Trinajstić information content (AvgIpc) is 2.42. The van der Waals surface area contributed by atoms with Crippen LogP contribution in [0.1, 0.15) is 44.3 Å². The van der Waals surface area contributed by atoms with E-state index in [9.17, 15) is 9.90 Å². The zero-order valence-corrected chi connectivity index (χ0v) is 12.4. The second-order valence-electron chi connectivity index (χ2n) is 5.45. The quantitative estimate of drug-likeness (QED) is 0.859. The van der Waals surface area contributed by atoms with Crippen molar-refractivity contribution in [3.8, 4) is 0 Å². The Bertz CT molecular complexity index is 656. The number of ketones is 1. The van der Waals surface area contributed by atoms with Crippen LogP contribution in [0.25, 0.3) is 0 Å². The summed E-state index contributed by atoms with van der Waals surface area (Å²) in [5.74, 6) is -0.236. The molecule has 20 heavy (non-hydrogen) atoms. The van der Waals surface area contributed by atoms with E-state index in [0.29, 0.717) is 11.1 Å². The van der Waals surface area contributed by atoms with Crippen LogP contribution in [-0.2, 0) is 0 Å². The van der Waals surface area contributed by atoms with E-state index in [-0.39, 0.29) is 5.78 Å². The molecule has 0 saturated heterocycles. The number of benzene rings is 2. The highest BCUT2D eigenvalue weighted by molar-refractivity contribution is 6.01. The van der Waals surface area contributed by atoms with Gasteiger partial charge in [-0.1, -0.05) is 41.5 Å². The number of aryl methyl sites for hydroxylation is 4. The van der Waals surface area contributed by atoms with Crippen molar-refractivity contribution >= 4 is 5.78 Å². The lowest BCUT2D eigenvalue weighted by Gasteiger charge is -2.15. The standard InChI is InChI=1S/C18H20O2/c1-11-5-7-13(3)15(9-11)17(19)18(20)16-10-12(2)6-8-14(16)4/h5-10,17,19H,1-4H3. The minimum Gasteiger partial charge on any atom is -0.380 e. The van der Waals surface area contributed by atoms with Crippen molar-refractivity contribution in [2.24, 2.45) is 0 Å².